The smallest absolute Gasteiger partial charge is 0.251 e. The SMILES string of the molecule is CNC(=O)c1ccc(NC(=O)CCC(=O)c2ccc(F)cc2)cc1. The molecule has 0 aliphatic heterocycles. The second kappa shape index (κ2) is 8.01. The molecular weight excluding hydrogens is 311 g/mol. The Morgan fingerprint density at radius 1 is 0.875 bits per heavy atom. The fraction of sp³-hybridized carbons (Fsp3) is 0.167. The molecular formula is C18H17FN2O3. The van der Waals surface area contributed by atoms with Gasteiger partial charge in [-0.25, -0.2) is 4.39 Å². The van der Waals surface area contributed by atoms with E-state index < -0.39 is 5.82 Å². The van der Waals surface area contributed by atoms with Crippen LogP contribution in [0.15, 0.2) is 48.5 Å². The van der Waals surface area contributed by atoms with E-state index in [-0.39, 0.29) is 30.4 Å². The molecule has 24 heavy (non-hydrogen) atoms. The van der Waals surface area contributed by atoms with Crippen LogP contribution in [-0.2, 0) is 4.79 Å². The predicted octanol–water partition coefficient (Wildman–Crippen LogP) is 2.79. The highest BCUT2D eigenvalue weighted by Crippen LogP contribution is 2.12. The lowest BCUT2D eigenvalue weighted by atomic mass is 10.1. The number of rotatable bonds is 6. The maximum Gasteiger partial charge on any atom is 0.251 e. The number of Topliss-reactive ketones (excluding diaryl/α,β-unsaturated/α-hetero) is 1. The van der Waals surface area contributed by atoms with Gasteiger partial charge in [0.1, 0.15) is 5.82 Å². The van der Waals surface area contributed by atoms with Crippen LogP contribution in [0.5, 0.6) is 0 Å². The maximum atomic E-state index is 12.8. The van der Waals surface area contributed by atoms with Gasteiger partial charge in [-0.1, -0.05) is 0 Å². The van der Waals surface area contributed by atoms with Crippen LogP contribution in [0.4, 0.5) is 10.1 Å². The van der Waals surface area contributed by atoms with Gasteiger partial charge >= 0.3 is 0 Å². The van der Waals surface area contributed by atoms with Crippen molar-refractivity contribution >= 4 is 23.3 Å². The maximum absolute atomic E-state index is 12.8. The molecule has 0 aliphatic carbocycles. The van der Waals surface area contributed by atoms with Crippen molar-refractivity contribution in [1.82, 2.24) is 5.32 Å². The highest BCUT2D eigenvalue weighted by molar-refractivity contribution is 6.00. The van der Waals surface area contributed by atoms with Gasteiger partial charge in [-0.2, -0.15) is 0 Å². The fourth-order valence-corrected chi connectivity index (χ4v) is 2.08. The highest BCUT2D eigenvalue weighted by Gasteiger charge is 2.10. The topological polar surface area (TPSA) is 75.3 Å². The molecule has 5 nitrogen and oxygen atoms in total. The summed E-state index contributed by atoms with van der Waals surface area (Å²) in [6.45, 7) is 0. The van der Waals surface area contributed by atoms with Crippen LogP contribution in [0.2, 0.25) is 0 Å². The fourth-order valence-electron chi connectivity index (χ4n) is 2.08. The summed E-state index contributed by atoms with van der Waals surface area (Å²) in [5.74, 6) is -1.15. The summed E-state index contributed by atoms with van der Waals surface area (Å²) in [5.41, 5.74) is 1.41. The molecule has 2 aromatic rings. The van der Waals surface area contributed by atoms with Crippen LogP contribution < -0.4 is 10.6 Å². The van der Waals surface area contributed by atoms with Gasteiger partial charge in [0.2, 0.25) is 5.91 Å². The third-order valence-corrected chi connectivity index (χ3v) is 3.40. The monoisotopic (exact) mass is 328 g/mol. The molecule has 0 bridgehead atoms. The summed E-state index contributed by atoms with van der Waals surface area (Å²) in [4.78, 5) is 35.2. The molecule has 0 saturated carbocycles. The van der Waals surface area contributed by atoms with Crippen molar-refractivity contribution in [2.45, 2.75) is 12.8 Å². The van der Waals surface area contributed by atoms with Crippen LogP contribution in [-0.4, -0.2) is 24.6 Å². The summed E-state index contributed by atoms with van der Waals surface area (Å²) < 4.78 is 12.8. The predicted molar refractivity (Wildman–Crippen MR) is 88.4 cm³/mol. The molecule has 2 aromatic carbocycles. The molecule has 0 aromatic heterocycles. The molecule has 2 N–H and O–H groups in total. The molecule has 2 amide bonds. The van der Waals surface area contributed by atoms with Crippen molar-refractivity contribution in [2.75, 3.05) is 12.4 Å². The molecule has 2 rings (SSSR count). The Morgan fingerprint density at radius 2 is 1.46 bits per heavy atom. The quantitative estimate of drug-likeness (QED) is 0.801. The van der Waals surface area contributed by atoms with Crippen molar-refractivity contribution in [1.29, 1.82) is 0 Å². The Morgan fingerprint density at radius 3 is 2.04 bits per heavy atom. The summed E-state index contributed by atoms with van der Waals surface area (Å²) in [6.07, 6.45) is 0.0567. The Labute approximate surface area is 138 Å². The number of halogens is 1. The number of hydrogen-bond donors (Lipinski definition) is 2. The van der Waals surface area contributed by atoms with Crippen molar-refractivity contribution in [3.05, 3.63) is 65.5 Å². The molecule has 124 valence electrons. The summed E-state index contributed by atoms with van der Waals surface area (Å²) >= 11 is 0. The number of hydrogen-bond acceptors (Lipinski definition) is 3. The zero-order valence-corrected chi connectivity index (χ0v) is 13.1. The number of nitrogens with one attached hydrogen (secondary N) is 2. The Kier molecular flexibility index (Phi) is 5.78. The standard InChI is InChI=1S/C18H17FN2O3/c1-20-18(24)13-4-8-15(9-5-13)21-17(23)11-10-16(22)12-2-6-14(19)7-3-12/h2-9H,10-11H2,1H3,(H,20,24)(H,21,23). The molecule has 0 aliphatic rings. The molecule has 0 atom stereocenters. The largest absolute Gasteiger partial charge is 0.355 e. The van der Waals surface area contributed by atoms with Gasteiger partial charge in [0.25, 0.3) is 5.91 Å². The molecule has 0 saturated heterocycles. The van der Waals surface area contributed by atoms with Crippen LogP contribution in [0.1, 0.15) is 33.6 Å². The molecule has 0 unspecified atom stereocenters. The average molecular weight is 328 g/mol. The van der Waals surface area contributed by atoms with Crippen molar-refractivity contribution in [3.63, 3.8) is 0 Å². The number of amides is 2. The minimum absolute atomic E-state index is 0.0212. The third-order valence-electron chi connectivity index (χ3n) is 3.40. The van der Waals surface area contributed by atoms with Crippen LogP contribution >= 0.6 is 0 Å². The Hall–Kier alpha value is -3.02. The lowest BCUT2D eigenvalue weighted by molar-refractivity contribution is -0.116. The molecule has 0 heterocycles. The van der Waals surface area contributed by atoms with Crippen molar-refractivity contribution in [2.24, 2.45) is 0 Å². The van der Waals surface area contributed by atoms with E-state index in [1.807, 2.05) is 0 Å². The van der Waals surface area contributed by atoms with Crippen LogP contribution in [0.25, 0.3) is 0 Å². The molecule has 0 spiro atoms. The summed E-state index contributed by atoms with van der Waals surface area (Å²) in [7, 11) is 1.54. The highest BCUT2D eigenvalue weighted by atomic mass is 19.1. The van der Waals surface area contributed by atoms with E-state index in [2.05, 4.69) is 10.6 Å². The Bertz CT molecular complexity index is 740. The normalized spacial score (nSPS) is 10.1. The van der Waals surface area contributed by atoms with Gasteiger partial charge in [0, 0.05) is 36.7 Å². The van der Waals surface area contributed by atoms with E-state index in [9.17, 15) is 18.8 Å². The number of anilines is 1. The minimum Gasteiger partial charge on any atom is -0.355 e. The second-order valence-electron chi connectivity index (χ2n) is 5.13. The van der Waals surface area contributed by atoms with Crippen molar-refractivity contribution < 1.29 is 18.8 Å². The number of carbonyl (C=O) groups excluding carboxylic acids is 3. The second-order valence-corrected chi connectivity index (χ2v) is 5.13. The first kappa shape index (κ1) is 17.3. The summed E-state index contributed by atoms with van der Waals surface area (Å²) in [6, 6.07) is 11.6. The van der Waals surface area contributed by atoms with Gasteiger partial charge in [-0.05, 0) is 48.5 Å². The number of benzene rings is 2. The van der Waals surface area contributed by atoms with E-state index in [0.29, 0.717) is 16.8 Å². The average Bonchev–Trinajstić information content (AvgIpc) is 2.60. The molecule has 6 heteroatoms. The van der Waals surface area contributed by atoms with E-state index in [1.54, 1.807) is 24.3 Å². The zero-order valence-electron chi connectivity index (χ0n) is 13.1. The number of ketones is 1. The Balaban J connectivity index is 1.85. The van der Waals surface area contributed by atoms with Crippen LogP contribution in [0.3, 0.4) is 0 Å². The lowest BCUT2D eigenvalue weighted by Gasteiger charge is -2.06. The zero-order chi connectivity index (χ0) is 17.5. The van der Waals surface area contributed by atoms with Gasteiger partial charge < -0.3 is 10.6 Å². The summed E-state index contributed by atoms with van der Waals surface area (Å²) in [5, 5.41) is 5.17. The van der Waals surface area contributed by atoms with Crippen molar-refractivity contribution in [3.8, 4) is 0 Å². The van der Waals surface area contributed by atoms with Gasteiger partial charge in [-0.3, -0.25) is 14.4 Å². The minimum atomic E-state index is -0.413. The van der Waals surface area contributed by atoms with E-state index in [4.69, 9.17) is 0 Å². The van der Waals surface area contributed by atoms with Gasteiger partial charge in [-0.15, -0.1) is 0 Å². The first-order chi connectivity index (χ1) is 11.5. The van der Waals surface area contributed by atoms with Crippen LogP contribution in [0, 0.1) is 5.82 Å². The third kappa shape index (κ3) is 4.74. The first-order valence-corrected chi connectivity index (χ1v) is 7.40. The first-order valence-electron chi connectivity index (χ1n) is 7.40. The number of carbonyl (C=O) groups is 3. The molecule has 0 fully saturated rings. The van der Waals surface area contributed by atoms with Gasteiger partial charge in [0.05, 0.1) is 0 Å². The lowest BCUT2D eigenvalue weighted by Crippen LogP contribution is -2.18. The van der Waals surface area contributed by atoms with Gasteiger partial charge in [0.15, 0.2) is 5.78 Å². The van der Waals surface area contributed by atoms with E-state index in [1.165, 1.54) is 31.3 Å². The molecule has 0 radical (unpaired) electrons. The van der Waals surface area contributed by atoms with E-state index in [0.717, 1.165) is 0 Å². The van der Waals surface area contributed by atoms with E-state index >= 15 is 0 Å².